The fourth-order valence-corrected chi connectivity index (χ4v) is 5.06. The van der Waals surface area contributed by atoms with Gasteiger partial charge < -0.3 is 4.57 Å². The van der Waals surface area contributed by atoms with Crippen molar-refractivity contribution < 1.29 is 8.78 Å². The van der Waals surface area contributed by atoms with Crippen LogP contribution in [0.25, 0.3) is 45.2 Å². The number of fused-ring (bicyclic) bond motifs is 3. The van der Waals surface area contributed by atoms with Gasteiger partial charge in [-0.15, -0.1) is 0 Å². The fourth-order valence-electron chi connectivity index (χ4n) is 5.06. The van der Waals surface area contributed by atoms with Crippen molar-refractivity contribution in [2.24, 2.45) is 5.41 Å². The smallest absolute Gasteiger partial charge is 0.193 e. The summed E-state index contributed by atoms with van der Waals surface area (Å²) in [6.07, 6.45) is 3.17. The molecule has 1 atom stereocenters. The van der Waals surface area contributed by atoms with E-state index in [1.165, 1.54) is 30.6 Å². The molecule has 4 heterocycles. The molecule has 0 saturated heterocycles. The average molecular weight is 499 g/mol. The van der Waals surface area contributed by atoms with Gasteiger partial charge in [0.25, 0.3) is 0 Å². The first-order chi connectivity index (χ1) is 17.7. The minimum Gasteiger partial charge on any atom is -0.340 e. The Morgan fingerprint density at radius 1 is 1.00 bits per heavy atom. The minimum atomic E-state index is -0.399. The second-order valence-electron chi connectivity index (χ2n) is 10.3. The standard InChI is InChI=1S/C28H24F2N6O/c1-28(2,3)23-14-36-26(21-12-22(37)20(13-35(21)23)27-31-15-32-33-27)24(16-6-4-8-18(29)10-16)25(34-36)17-7-5-9-19(30)11-17/h4-13,15,23H,14H2,1-3H3,(H,31,32,33). The Labute approximate surface area is 211 Å². The van der Waals surface area contributed by atoms with Gasteiger partial charge in [0.05, 0.1) is 29.5 Å². The van der Waals surface area contributed by atoms with E-state index in [0.717, 1.165) is 0 Å². The molecule has 9 heteroatoms. The van der Waals surface area contributed by atoms with Gasteiger partial charge in [0, 0.05) is 23.4 Å². The number of H-pyrrole nitrogens is 1. The van der Waals surface area contributed by atoms with Gasteiger partial charge in [-0.1, -0.05) is 45.0 Å². The lowest BCUT2D eigenvalue weighted by molar-refractivity contribution is 0.202. The molecule has 6 rings (SSSR count). The van der Waals surface area contributed by atoms with Crippen LogP contribution in [0.5, 0.6) is 0 Å². The molecule has 0 radical (unpaired) electrons. The lowest BCUT2D eigenvalue weighted by Crippen LogP contribution is -2.34. The van der Waals surface area contributed by atoms with Gasteiger partial charge in [-0.05, 0) is 35.2 Å². The zero-order valence-electron chi connectivity index (χ0n) is 20.5. The fraction of sp³-hybridized carbons (Fsp3) is 0.214. The van der Waals surface area contributed by atoms with Crippen molar-refractivity contribution in [1.82, 2.24) is 29.5 Å². The highest BCUT2D eigenvalue weighted by Crippen LogP contribution is 2.46. The van der Waals surface area contributed by atoms with Crippen molar-refractivity contribution in [3.8, 4) is 45.2 Å². The number of nitrogens with one attached hydrogen (secondary N) is 1. The van der Waals surface area contributed by atoms with Crippen LogP contribution in [0.2, 0.25) is 0 Å². The molecule has 0 saturated carbocycles. The quantitative estimate of drug-likeness (QED) is 0.346. The molecule has 5 aromatic rings. The molecule has 0 amide bonds. The third-order valence-electron chi connectivity index (χ3n) is 6.84. The van der Waals surface area contributed by atoms with Gasteiger partial charge in [0.15, 0.2) is 11.3 Å². The summed E-state index contributed by atoms with van der Waals surface area (Å²) < 4.78 is 32.6. The highest BCUT2D eigenvalue weighted by molar-refractivity contribution is 5.91. The summed E-state index contributed by atoms with van der Waals surface area (Å²) in [5.74, 6) is -0.406. The molecule has 186 valence electrons. The molecule has 7 nitrogen and oxygen atoms in total. The first kappa shape index (κ1) is 23.0. The normalized spacial score (nSPS) is 14.9. The van der Waals surface area contributed by atoms with Gasteiger partial charge >= 0.3 is 0 Å². The number of aromatic nitrogens is 6. The van der Waals surface area contributed by atoms with Crippen molar-refractivity contribution in [2.75, 3.05) is 0 Å². The molecule has 0 spiro atoms. The maximum absolute atomic E-state index is 14.4. The molecular formula is C28H24F2N6O. The van der Waals surface area contributed by atoms with Crippen LogP contribution < -0.4 is 5.43 Å². The van der Waals surface area contributed by atoms with Crippen molar-refractivity contribution >= 4 is 0 Å². The van der Waals surface area contributed by atoms with Crippen molar-refractivity contribution in [3.05, 3.63) is 89.0 Å². The third-order valence-corrected chi connectivity index (χ3v) is 6.84. The van der Waals surface area contributed by atoms with Crippen LogP contribution >= 0.6 is 0 Å². The zero-order chi connectivity index (χ0) is 25.9. The number of nitrogens with zero attached hydrogens (tertiary/aromatic N) is 5. The maximum atomic E-state index is 14.4. The van der Waals surface area contributed by atoms with E-state index in [1.54, 1.807) is 30.3 Å². The summed E-state index contributed by atoms with van der Waals surface area (Å²) in [6.45, 7) is 6.89. The van der Waals surface area contributed by atoms with E-state index in [1.807, 2.05) is 10.9 Å². The molecule has 1 aliphatic rings. The van der Waals surface area contributed by atoms with E-state index in [-0.39, 0.29) is 16.9 Å². The molecule has 0 fully saturated rings. The number of pyridine rings is 1. The summed E-state index contributed by atoms with van der Waals surface area (Å²) in [4.78, 5) is 17.5. The molecular weight excluding hydrogens is 474 g/mol. The summed E-state index contributed by atoms with van der Waals surface area (Å²) in [5, 5.41) is 11.6. The molecule has 37 heavy (non-hydrogen) atoms. The Balaban J connectivity index is 1.69. The Kier molecular flexibility index (Phi) is 5.18. The molecule has 0 bridgehead atoms. The van der Waals surface area contributed by atoms with E-state index in [2.05, 4.69) is 40.5 Å². The summed E-state index contributed by atoms with van der Waals surface area (Å²) in [7, 11) is 0. The van der Waals surface area contributed by atoms with E-state index in [4.69, 9.17) is 5.10 Å². The van der Waals surface area contributed by atoms with Crippen molar-refractivity contribution in [1.29, 1.82) is 0 Å². The molecule has 1 unspecified atom stereocenters. The Hall–Kier alpha value is -4.40. The number of halogens is 2. The van der Waals surface area contributed by atoms with Gasteiger partial charge in [0.2, 0.25) is 0 Å². The Morgan fingerprint density at radius 3 is 2.35 bits per heavy atom. The second kappa shape index (κ2) is 8.33. The first-order valence-corrected chi connectivity index (χ1v) is 12.0. The van der Waals surface area contributed by atoms with E-state index in [0.29, 0.717) is 51.7 Å². The topological polar surface area (TPSA) is 81.4 Å². The van der Waals surface area contributed by atoms with Crippen molar-refractivity contribution in [3.63, 3.8) is 0 Å². The van der Waals surface area contributed by atoms with E-state index >= 15 is 0 Å². The third kappa shape index (κ3) is 3.87. The lowest BCUT2D eigenvalue weighted by Gasteiger charge is -2.38. The van der Waals surface area contributed by atoms with Crippen molar-refractivity contribution in [2.45, 2.75) is 33.4 Å². The van der Waals surface area contributed by atoms with Gasteiger partial charge in [-0.3, -0.25) is 14.6 Å². The van der Waals surface area contributed by atoms with Crippen LogP contribution in [0.1, 0.15) is 26.8 Å². The summed E-state index contributed by atoms with van der Waals surface area (Å²) >= 11 is 0. The summed E-state index contributed by atoms with van der Waals surface area (Å²) in [5.41, 5.74) is 3.61. The number of rotatable bonds is 3. The maximum Gasteiger partial charge on any atom is 0.193 e. The van der Waals surface area contributed by atoms with Crippen LogP contribution in [0.4, 0.5) is 8.78 Å². The molecule has 0 aliphatic carbocycles. The van der Waals surface area contributed by atoms with Crippen LogP contribution in [-0.4, -0.2) is 29.5 Å². The van der Waals surface area contributed by atoms with Gasteiger partial charge in [-0.2, -0.15) is 10.2 Å². The van der Waals surface area contributed by atoms with Gasteiger partial charge in [0.1, 0.15) is 23.7 Å². The van der Waals surface area contributed by atoms with Crippen LogP contribution in [0.15, 0.2) is 71.9 Å². The molecule has 1 aliphatic heterocycles. The van der Waals surface area contributed by atoms with Crippen LogP contribution in [0, 0.1) is 17.0 Å². The monoisotopic (exact) mass is 498 g/mol. The predicted octanol–water partition coefficient (Wildman–Crippen LogP) is 5.71. The van der Waals surface area contributed by atoms with E-state index in [9.17, 15) is 13.6 Å². The molecule has 1 N–H and O–H groups in total. The lowest BCUT2D eigenvalue weighted by atomic mass is 9.84. The Morgan fingerprint density at radius 2 is 1.70 bits per heavy atom. The predicted molar refractivity (Wildman–Crippen MR) is 137 cm³/mol. The minimum absolute atomic E-state index is 0.0714. The number of hydrogen-bond acceptors (Lipinski definition) is 4. The second-order valence-corrected chi connectivity index (χ2v) is 10.3. The summed E-state index contributed by atoms with van der Waals surface area (Å²) in [6, 6.07) is 13.9. The first-order valence-electron chi connectivity index (χ1n) is 12.0. The zero-order valence-corrected chi connectivity index (χ0v) is 20.5. The number of hydrogen-bond donors (Lipinski definition) is 1. The van der Waals surface area contributed by atoms with Crippen LogP contribution in [-0.2, 0) is 6.54 Å². The number of benzene rings is 2. The molecule has 2 aromatic carbocycles. The largest absolute Gasteiger partial charge is 0.340 e. The average Bonchev–Trinajstić information content (AvgIpc) is 3.51. The Bertz CT molecular complexity index is 1690. The molecule has 3 aromatic heterocycles. The number of aromatic amines is 1. The van der Waals surface area contributed by atoms with Crippen LogP contribution in [0.3, 0.4) is 0 Å². The SMILES string of the molecule is CC(C)(C)C1Cn2nc(-c3cccc(F)c3)c(-c3cccc(F)c3)c2-c2cc(=O)c(-c3ncn[nH]3)cn21. The highest BCUT2D eigenvalue weighted by Gasteiger charge is 2.36. The highest BCUT2D eigenvalue weighted by atomic mass is 19.1. The van der Waals surface area contributed by atoms with Gasteiger partial charge in [-0.25, -0.2) is 13.8 Å². The van der Waals surface area contributed by atoms with E-state index < -0.39 is 11.6 Å².